The standard InChI is InChI=1S/C10H11NO4S/c1-7(10(12)13)6-8-2-4-9(5-3-8)16(11,14)15/h2-5H,1,6H2,(H,12,13)(H2,11,14,15). The van der Waals surface area contributed by atoms with Crippen LogP contribution in [0.2, 0.25) is 0 Å². The number of hydrogen-bond donors (Lipinski definition) is 2. The van der Waals surface area contributed by atoms with Crippen molar-refractivity contribution in [3.05, 3.63) is 42.0 Å². The summed E-state index contributed by atoms with van der Waals surface area (Å²) in [6.45, 7) is 3.38. The van der Waals surface area contributed by atoms with E-state index in [9.17, 15) is 13.2 Å². The average Bonchev–Trinajstić information content (AvgIpc) is 2.17. The number of rotatable bonds is 4. The highest BCUT2D eigenvalue weighted by Crippen LogP contribution is 2.11. The molecular weight excluding hydrogens is 230 g/mol. The number of carboxylic acids is 1. The van der Waals surface area contributed by atoms with Crippen molar-refractivity contribution < 1.29 is 18.3 Å². The molecule has 6 heteroatoms. The monoisotopic (exact) mass is 241 g/mol. The van der Waals surface area contributed by atoms with E-state index in [2.05, 4.69) is 6.58 Å². The Labute approximate surface area is 93.3 Å². The lowest BCUT2D eigenvalue weighted by atomic mass is 10.1. The van der Waals surface area contributed by atoms with E-state index in [4.69, 9.17) is 10.2 Å². The number of sulfonamides is 1. The van der Waals surface area contributed by atoms with E-state index in [1.54, 1.807) is 0 Å². The van der Waals surface area contributed by atoms with Gasteiger partial charge in [-0.05, 0) is 17.7 Å². The molecule has 0 spiro atoms. The number of aliphatic carboxylic acids is 1. The molecule has 0 saturated carbocycles. The Morgan fingerprint density at radius 2 is 1.81 bits per heavy atom. The summed E-state index contributed by atoms with van der Waals surface area (Å²) in [5.74, 6) is -1.07. The summed E-state index contributed by atoms with van der Waals surface area (Å²) in [5.41, 5.74) is 0.711. The second kappa shape index (κ2) is 4.46. The quantitative estimate of drug-likeness (QED) is 0.751. The molecule has 0 aromatic heterocycles. The fraction of sp³-hybridized carbons (Fsp3) is 0.100. The maximum absolute atomic E-state index is 10.9. The normalized spacial score (nSPS) is 11.1. The van der Waals surface area contributed by atoms with E-state index in [1.807, 2.05) is 0 Å². The van der Waals surface area contributed by atoms with Crippen molar-refractivity contribution in [3.63, 3.8) is 0 Å². The summed E-state index contributed by atoms with van der Waals surface area (Å²) in [6, 6.07) is 5.68. The second-order valence-corrected chi connectivity index (χ2v) is 4.84. The maximum atomic E-state index is 10.9. The Morgan fingerprint density at radius 1 is 1.31 bits per heavy atom. The highest BCUT2D eigenvalue weighted by molar-refractivity contribution is 7.89. The fourth-order valence-electron chi connectivity index (χ4n) is 1.12. The van der Waals surface area contributed by atoms with Crippen LogP contribution in [0.25, 0.3) is 0 Å². The van der Waals surface area contributed by atoms with Crippen LogP contribution in [0.4, 0.5) is 0 Å². The maximum Gasteiger partial charge on any atom is 0.331 e. The van der Waals surface area contributed by atoms with Gasteiger partial charge in [-0.2, -0.15) is 0 Å². The first-order valence-corrected chi connectivity index (χ1v) is 5.88. The topological polar surface area (TPSA) is 97.5 Å². The van der Waals surface area contributed by atoms with Crippen LogP contribution in [0.15, 0.2) is 41.3 Å². The summed E-state index contributed by atoms with van der Waals surface area (Å²) in [6.07, 6.45) is 0.167. The van der Waals surface area contributed by atoms with Gasteiger partial charge in [-0.25, -0.2) is 18.4 Å². The van der Waals surface area contributed by atoms with Crippen molar-refractivity contribution in [1.29, 1.82) is 0 Å². The lowest BCUT2D eigenvalue weighted by molar-refractivity contribution is -0.132. The van der Waals surface area contributed by atoms with Gasteiger partial charge < -0.3 is 5.11 Å². The fourth-order valence-corrected chi connectivity index (χ4v) is 1.63. The Balaban J connectivity index is 2.88. The number of carboxylic acid groups (broad SMARTS) is 1. The van der Waals surface area contributed by atoms with Gasteiger partial charge in [0, 0.05) is 12.0 Å². The van der Waals surface area contributed by atoms with Crippen LogP contribution in [0.5, 0.6) is 0 Å². The molecule has 0 aliphatic heterocycles. The van der Waals surface area contributed by atoms with Crippen LogP contribution < -0.4 is 5.14 Å². The van der Waals surface area contributed by atoms with Crippen molar-refractivity contribution in [2.45, 2.75) is 11.3 Å². The van der Waals surface area contributed by atoms with E-state index in [1.165, 1.54) is 24.3 Å². The highest BCUT2D eigenvalue weighted by Gasteiger charge is 2.08. The first-order valence-electron chi connectivity index (χ1n) is 4.33. The van der Waals surface area contributed by atoms with Gasteiger partial charge in [0.15, 0.2) is 0 Å². The number of benzene rings is 1. The van der Waals surface area contributed by atoms with Crippen LogP contribution in [-0.4, -0.2) is 19.5 Å². The summed E-state index contributed by atoms with van der Waals surface area (Å²) in [5, 5.41) is 13.5. The van der Waals surface area contributed by atoms with Gasteiger partial charge in [0.05, 0.1) is 4.90 Å². The molecular formula is C10H11NO4S. The van der Waals surface area contributed by atoms with Crippen LogP contribution in [-0.2, 0) is 21.2 Å². The SMILES string of the molecule is C=C(Cc1ccc(S(N)(=O)=O)cc1)C(=O)O. The lowest BCUT2D eigenvalue weighted by Crippen LogP contribution is -2.12. The van der Waals surface area contributed by atoms with Gasteiger partial charge in [0.25, 0.3) is 0 Å². The largest absolute Gasteiger partial charge is 0.478 e. The number of primary sulfonamides is 1. The molecule has 0 saturated heterocycles. The van der Waals surface area contributed by atoms with E-state index >= 15 is 0 Å². The third kappa shape index (κ3) is 3.18. The summed E-state index contributed by atoms with van der Waals surface area (Å²) >= 11 is 0. The van der Waals surface area contributed by atoms with Gasteiger partial charge in [-0.15, -0.1) is 0 Å². The summed E-state index contributed by atoms with van der Waals surface area (Å²) in [4.78, 5) is 10.5. The molecule has 0 fully saturated rings. The van der Waals surface area contributed by atoms with Gasteiger partial charge >= 0.3 is 5.97 Å². The van der Waals surface area contributed by atoms with Crippen molar-refractivity contribution >= 4 is 16.0 Å². The molecule has 1 rings (SSSR count). The molecule has 1 aromatic carbocycles. The van der Waals surface area contributed by atoms with Crippen LogP contribution in [0.1, 0.15) is 5.56 Å². The Hall–Kier alpha value is -1.66. The van der Waals surface area contributed by atoms with Crippen molar-refractivity contribution in [1.82, 2.24) is 0 Å². The highest BCUT2D eigenvalue weighted by atomic mass is 32.2. The minimum atomic E-state index is -3.70. The number of nitrogens with two attached hydrogens (primary N) is 1. The molecule has 0 atom stereocenters. The molecule has 0 aliphatic rings. The zero-order chi connectivity index (χ0) is 12.3. The minimum Gasteiger partial charge on any atom is -0.478 e. The van der Waals surface area contributed by atoms with Crippen LogP contribution in [0, 0.1) is 0 Å². The minimum absolute atomic E-state index is 0.00260. The predicted molar refractivity (Wildman–Crippen MR) is 58.3 cm³/mol. The molecule has 86 valence electrons. The summed E-state index contributed by atoms with van der Waals surface area (Å²) < 4.78 is 21.9. The third-order valence-corrected chi connectivity index (χ3v) is 2.90. The van der Waals surface area contributed by atoms with E-state index in [0.29, 0.717) is 5.56 Å². The number of hydrogen-bond acceptors (Lipinski definition) is 3. The number of carbonyl (C=O) groups is 1. The first kappa shape index (κ1) is 12.4. The molecule has 0 aliphatic carbocycles. The molecule has 3 N–H and O–H groups in total. The molecule has 16 heavy (non-hydrogen) atoms. The molecule has 0 unspecified atom stereocenters. The van der Waals surface area contributed by atoms with Gasteiger partial charge in [0.2, 0.25) is 10.0 Å². The van der Waals surface area contributed by atoms with E-state index in [0.717, 1.165) is 0 Å². The smallest absolute Gasteiger partial charge is 0.331 e. The first-order chi connectivity index (χ1) is 7.30. The third-order valence-electron chi connectivity index (χ3n) is 1.97. The molecule has 0 bridgehead atoms. The molecule has 0 heterocycles. The molecule has 0 amide bonds. The second-order valence-electron chi connectivity index (χ2n) is 3.27. The molecule has 5 nitrogen and oxygen atoms in total. The van der Waals surface area contributed by atoms with Crippen molar-refractivity contribution in [2.75, 3.05) is 0 Å². The molecule has 0 radical (unpaired) electrons. The van der Waals surface area contributed by atoms with Crippen molar-refractivity contribution in [2.24, 2.45) is 5.14 Å². The molecule has 1 aromatic rings. The van der Waals surface area contributed by atoms with E-state index < -0.39 is 16.0 Å². The average molecular weight is 241 g/mol. The zero-order valence-corrected chi connectivity index (χ0v) is 9.20. The lowest BCUT2D eigenvalue weighted by Gasteiger charge is -2.02. The van der Waals surface area contributed by atoms with Gasteiger partial charge in [-0.3, -0.25) is 0 Å². The van der Waals surface area contributed by atoms with Gasteiger partial charge in [-0.1, -0.05) is 18.7 Å². The van der Waals surface area contributed by atoms with Gasteiger partial charge in [0.1, 0.15) is 0 Å². The van der Waals surface area contributed by atoms with Crippen LogP contribution in [0.3, 0.4) is 0 Å². The van der Waals surface area contributed by atoms with Crippen molar-refractivity contribution in [3.8, 4) is 0 Å². The Morgan fingerprint density at radius 3 is 2.19 bits per heavy atom. The van der Waals surface area contributed by atoms with Crippen LogP contribution >= 0.6 is 0 Å². The summed E-state index contributed by atoms with van der Waals surface area (Å²) in [7, 11) is -3.70. The Kier molecular flexibility index (Phi) is 3.46. The predicted octanol–water partition coefficient (Wildman–Crippen LogP) is 0.517. The van der Waals surface area contributed by atoms with E-state index in [-0.39, 0.29) is 16.9 Å². The Bertz CT molecular complexity index is 516. The zero-order valence-electron chi connectivity index (χ0n) is 8.38.